The Labute approximate surface area is 178 Å². The number of phenols is 2. The molecule has 0 bridgehead atoms. The van der Waals surface area contributed by atoms with E-state index in [1.165, 1.54) is 50.6 Å². The second-order valence-electron chi connectivity index (χ2n) is 6.74. The minimum atomic E-state index is -1.45. The lowest BCUT2D eigenvalue weighted by Gasteiger charge is -2.28. The van der Waals surface area contributed by atoms with Gasteiger partial charge in [0, 0.05) is 0 Å². The van der Waals surface area contributed by atoms with Gasteiger partial charge in [0.25, 0.3) is 0 Å². The number of hydrogen-bond acceptors (Lipinski definition) is 10. The molecule has 0 fully saturated rings. The number of rotatable bonds is 10. The topological polar surface area (TPSA) is 152 Å². The van der Waals surface area contributed by atoms with Gasteiger partial charge in [-0.15, -0.1) is 0 Å². The molecule has 0 amide bonds. The van der Waals surface area contributed by atoms with Gasteiger partial charge in [-0.3, -0.25) is 0 Å². The number of hydrogen-bond donors (Lipinski definition) is 4. The molecule has 0 aliphatic carbocycles. The molecule has 31 heavy (non-hydrogen) atoms. The highest BCUT2D eigenvalue weighted by Gasteiger charge is 2.33. The number of benzene rings is 2. The van der Waals surface area contributed by atoms with E-state index in [1.54, 1.807) is 0 Å². The number of esters is 2. The fourth-order valence-corrected chi connectivity index (χ4v) is 2.49. The van der Waals surface area contributed by atoms with Gasteiger partial charge in [0.15, 0.2) is 23.0 Å². The highest BCUT2D eigenvalue weighted by Crippen LogP contribution is 2.28. The molecule has 10 heteroatoms. The summed E-state index contributed by atoms with van der Waals surface area (Å²) in [7, 11) is 2.65. The van der Waals surface area contributed by atoms with Crippen LogP contribution in [0.3, 0.4) is 0 Å². The van der Waals surface area contributed by atoms with E-state index in [0.717, 1.165) is 0 Å². The van der Waals surface area contributed by atoms with Gasteiger partial charge in [-0.1, -0.05) is 0 Å². The van der Waals surface area contributed by atoms with E-state index >= 15 is 0 Å². The van der Waals surface area contributed by atoms with E-state index in [2.05, 4.69) is 0 Å². The maximum atomic E-state index is 12.3. The third-order valence-corrected chi connectivity index (χ3v) is 4.52. The normalized spacial score (nSPS) is 11.0. The Morgan fingerprint density at radius 1 is 0.774 bits per heavy atom. The molecule has 0 radical (unpaired) electrons. The number of ether oxygens (including phenoxy) is 4. The number of carbonyl (C=O) groups is 2. The third-order valence-electron chi connectivity index (χ3n) is 4.52. The molecule has 0 aromatic heterocycles. The van der Waals surface area contributed by atoms with Gasteiger partial charge >= 0.3 is 11.9 Å². The maximum Gasteiger partial charge on any atom is 0.338 e. The first-order valence-electron chi connectivity index (χ1n) is 9.09. The molecule has 2 rings (SSSR count). The van der Waals surface area contributed by atoms with Crippen LogP contribution in [-0.4, -0.2) is 73.0 Å². The average Bonchev–Trinajstić information content (AvgIpc) is 2.79. The van der Waals surface area contributed by atoms with Gasteiger partial charge in [-0.05, 0) is 36.4 Å². The summed E-state index contributed by atoms with van der Waals surface area (Å²) in [6, 6.07) is 7.70. The van der Waals surface area contributed by atoms with Crippen molar-refractivity contribution in [3.05, 3.63) is 47.5 Å². The summed E-state index contributed by atoms with van der Waals surface area (Å²) in [4.78, 5) is 24.6. The summed E-state index contributed by atoms with van der Waals surface area (Å²) in [6.07, 6.45) is 0. The molecule has 0 atom stereocenters. The number of carbonyl (C=O) groups excluding carboxylic acids is 2. The van der Waals surface area contributed by atoms with Crippen molar-refractivity contribution in [1.82, 2.24) is 0 Å². The predicted octanol–water partition coefficient (Wildman–Crippen LogP) is 1.10. The number of aromatic hydroxyl groups is 2. The molecule has 2 aromatic carbocycles. The number of methoxy groups -OCH3 is 2. The van der Waals surface area contributed by atoms with Gasteiger partial charge in [0.1, 0.15) is 13.2 Å². The minimum absolute atomic E-state index is 0.0725. The molecular weight excluding hydrogens is 412 g/mol. The fourth-order valence-electron chi connectivity index (χ4n) is 2.49. The van der Waals surface area contributed by atoms with Crippen LogP contribution < -0.4 is 9.47 Å². The van der Waals surface area contributed by atoms with Crippen LogP contribution in [0.5, 0.6) is 23.0 Å². The summed E-state index contributed by atoms with van der Waals surface area (Å²) in [5.74, 6) is -1.75. The summed E-state index contributed by atoms with van der Waals surface area (Å²) in [6.45, 7) is -2.17. The summed E-state index contributed by atoms with van der Waals surface area (Å²) >= 11 is 0. The van der Waals surface area contributed by atoms with Crippen LogP contribution in [0.1, 0.15) is 20.7 Å². The zero-order valence-corrected chi connectivity index (χ0v) is 17.0. The van der Waals surface area contributed by atoms with Gasteiger partial charge < -0.3 is 39.4 Å². The lowest BCUT2D eigenvalue weighted by Crippen LogP contribution is -2.41. The smallest absolute Gasteiger partial charge is 0.338 e. The van der Waals surface area contributed by atoms with Gasteiger partial charge in [0.2, 0.25) is 0 Å². The Bertz CT molecular complexity index is 849. The zero-order valence-electron chi connectivity index (χ0n) is 17.0. The van der Waals surface area contributed by atoms with E-state index in [9.17, 15) is 30.0 Å². The van der Waals surface area contributed by atoms with Crippen molar-refractivity contribution in [3.8, 4) is 23.0 Å². The average molecular weight is 436 g/mol. The molecule has 0 saturated heterocycles. The molecule has 0 aliphatic heterocycles. The second kappa shape index (κ2) is 10.5. The van der Waals surface area contributed by atoms with E-state index in [-0.39, 0.29) is 34.1 Å². The van der Waals surface area contributed by atoms with Crippen molar-refractivity contribution in [2.75, 3.05) is 40.6 Å². The first-order valence-corrected chi connectivity index (χ1v) is 9.09. The van der Waals surface area contributed by atoms with Crippen LogP contribution in [0.4, 0.5) is 0 Å². The lowest BCUT2D eigenvalue weighted by molar-refractivity contribution is -0.0522. The number of phenolic OH excluding ortho intramolecular Hbond substituents is 2. The minimum Gasteiger partial charge on any atom is -0.504 e. The van der Waals surface area contributed by atoms with Gasteiger partial charge in [-0.2, -0.15) is 0 Å². The molecule has 10 nitrogen and oxygen atoms in total. The Morgan fingerprint density at radius 3 is 1.48 bits per heavy atom. The Kier molecular flexibility index (Phi) is 8.06. The monoisotopic (exact) mass is 436 g/mol. The molecule has 4 N–H and O–H groups in total. The third kappa shape index (κ3) is 5.77. The lowest BCUT2D eigenvalue weighted by atomic mass is 9.92. The quantitative estimate of drug-likeness (QED) is 0.398. The SMILES string of the molecule is COc1cc(C(=O)OCC(CO)(CO)COC(=O)c2ccc(O)c(OC)c2)ccc1O. The van der Waals surface area contributed by atoms with Crippen molar-refractivity contribution >= 4 is 11.9 Å². The van der Waals surface area contributed by atoms with Crippen LogP contribution in [0.15, 0.2) is 36.4 Å². The highest BCUT2D eigenvalue weighted by atomic mass is 16.6. The van der Waals surface area contributed by atoms with Crippen LogP contribution in [-0.2, 0) is 9.47 Å². The molecule has 0 unspecified atom stereocenters. The highest BCUT2D eigenvalue weighted by molar-refractivity contribution is 5.91. The standard InChI is InChI=1S/C21H24O10/c1-28-17-7-13(3-5-15(17)24)19(26)30-11-21(9-22,10-23)12-31-20(27)14-4-6-16(25)18(8-14)29-2/h3-8,22-25H,9-12H2,1-2H3. The van der Waals surface area contributed by atoms with Crippen molar-refractivity contribution in [2.45, 2.75) is 0 Å². The van der Waals surface area contributed by atoms with E-state index in [4.69, 9.17) is 18.9 Å². The molecule has 0 spiro atoms. The second-order valence-corrected chi connectivity index (χ2v) is 6.74. The zero-order chi connectivity index (χ0) is 23.0. The maximum absolute atomic E-state index is 12.3. The van der Waals surface area contributed by atoms with Crippen molar-refractivity contribution in [2.24, 2.45) is 5.41 Å². The van der Waals surface area contributed by atoms with E-state index in [0.29, 0.717) is 0 Å². The molecular formula is C21H24O10. The fraction of sp³-hybridized carbons (Fsp3) is 0.333. The summed E-state index contributed by atoms with van der Waals surface area (Å²) < 4.78 is 20.2. The summed E-state index contributed by atoms with van der Waals surface area (Å²) in [5, 5.41) is 38.7. The predicted molar refractivity (Wildman–Crippen MR) is 106 cm³/mol. The van der Waals surface area contributed by atoms with Gasteiger partial charge in [0.05, 0.1) is 44.0 Å². The van der Waals surface area contributed by atoms with Crippen molar-refractivity contribution in [3.63, 3.8) is 0 Å². The number of aliphatic hydroxyl groups is 2. The molecule has 0 heterocycles. The molecule has 0 aliphatic rings. The van der Waals surface area contributed by atoms with Crippen LogP contribution in [0.25, 0.3) is 0 Å². The largest absolute Gasteiger partial charge is 0.504 e. The van der Waals surface area contributed by atoms with Crippen molar-refractivity contribution in [1.29, 1.82) is 0 Å². The van der Waals surface area contributed by atoms with Crippen molar-refractivity contribution < 1.29 is 49.0 Å². The molecule has 2 aromatic rings. The van der Waals surface area contributed by atoms with Crippen LogP contribution >= 0.6 is 0 Å². The Balaban J connectivity index is 2.04. The first kappa shape index (κ1) is 23.8. The Morgan fingerprint density at radius 2 is 1.16 bits per heavy atom. The van der Waals surface area contributed by atoms with E-state index < -0.39 is 43.8 Å². The van der Waals surface area contributed by atoms with E-state index in [1.807, 2.05) is 0 Å². The summed E-state index contributed by atoms with van der Waals surface area (Å²) in [5.41, 5.74) is -1.30. The molecule has 0 saturated carbocycles. The molecule has 168 valence electrons. The van der Waals surface area contributed by atoms with Crippen LogP contribution in [0, 0.1) is 5.41 Å². The number of aliphatic hydroxyl groups excluding tert-OH is 2. The Hall–Kier alpha value is -3.50. The van der Waals surface area contributed by atoms with Gasteiger partial charge in [-0.25, -0.2) is 9.59 Å². The van der Waals surface area contributed by atoms with Crippen LogP contribution in [0.2, 0.25) is 0 Å². The first-order chi connectivity index (χ1) is 14.8.